The second-order valence-electron chi connectivity index (χ2n) is 4.91. The highest BCUT2D eigenvalue weighted by atomic mass is 35.5. The molecule has 1 aromatic rings. The first-order valence-electron chi connectivity index (χ1n) is 6.31. The summed E-state index contributed by atoms with van der Waals surface area (Å²) in [5.74, 6) is 0.417. The fourth-order valence-corrected chi connectivity index (χ4v) is 3.60. The molecule has 3 unspecified atom stereocenters. The van der Waals surface area contributed by atoms with Crippen LogP contribution in [0.4, 0.5) is 0 Å². The summed E-state index contributed by atoms with van der Waals surface area (Å²) in [4.78, 5) is 0. The number of aliphatic hydroxyl groups is 1. The third kappa shape index (κ3) is 3.44. The predicted molar refractivity (Wildman–Crippen MR) is 73.7 cm³/mol. The Balaban J connectivity index is 1.94. The molecule has 0 amide bonds. The van der Waals surface area contributed by atoms with E-state index in [2.05, 4.69) is 17.6 Å². The molecule has 0 aromatic carbocycles. The van der Waals surface area contributed by atoms with Crippen LogP contribution >= 0.6 is 22.9 Å². The van der Waals surface area contributed by atoms with Gasteiger partial charge in [-0.05, 0) is 42.7 Å². The third-order valence-electron chi connectivity index (χ3n) is 3.70. The molecule has 96 valence electrons. The van der Waals surface area contributed by atoms with Gasteiger partial charge < -0.3 is 10.4 Å². The van der Waals surface area contributed by atoms with Gasteiger partial charge in [-0.15, -0.1) is 11.3 Å². The molecule has 2 N–H and O–H groups in total. The Morgan fingerprint density at radius 2 is 2.29 bits per heavy atom. The van der Waals surface area contributed by atoms with Crippen molar-refractivity contribution in [3.63, 3.8) is 0 Å². The molecule has 1 saturated carbocycles. The van der Waals surface area contributed by atoms with Crippen LogP contribution in [0, 0.1) is 5.92 Å². The SMILES string of the molecule is CC(NC1CCCCC1CO)c1csc(Cl)c1. The van der Waals surface area contributed by atoms with Crippen molar-refractivity contribution in [3.8, 4) is 0 Å². The molecule has 1 heterocycles. The first-order valence-corrected chi connectivity index (χ1v) is 7.57. The lowest BCUT2D eigenvalue weighted by atomic mass is 9.84. The maximum absolute atomic E-state index is 9.39. The summed E-state index contributed by atoms with van der Waals surface area (Å²) in [6.07, 6.45) is 4.84. The third-order valence-corrected chi connectivity index (χ3v) is 4.80. The highest BCUT2D eigenvalue weighted by Crippen LogP contribution is 2.29. The summed E-state index contributed by atoms with van der Waals surface area (Å²) in [5.41, 5.74) is 1.25. The first-order chi connectivity index (χ1) is 8.20. The number of hydrogen-bond acceptors (Lipinski definition) is 3. The van der Waals surface area contributed by atoms with Crippen LogP contribution in [0.5, 0.6) is 0 Å². The molecule has 4 heteroatoms. The highest BCUT2D eigenvalue weighted by Gasteiger charge is 2.25. The van der Waals surface area contributed by atoms with Crippen molar-refractivity contribution in [2.75, 3.05) is 6.61 Å². The first kappa shape index (κ1) is 13.3. The van der Waals surface area contributed by atoms with Gasteiger partial charge in [0, 0.05) is 18.7 Å². The number of rotatable bonds is 4. The fourth-order valence-electron chi connectivity index (χ4n) is 2.61. The second kappa shape index (κ2) is 6.19. The van der Waals surface area contributed by atoms with Crippen LogP contribution in [-0.4, -0.2) is 17.8 Å². The molecule has 2 nitrogen and oxygen atoms in total. The van der Waals surface area contributed by atoms with Crippen molar-refractivity contribution in [2.45, 2.75) is 44.7 Å². The van der Waals surface area contributed by atoms with E-state index in [0.29, 0.717) is 24.6 Å². The van der Waals surface area contributed by atoms with Crippen LogP contribution in [0.3, 0.4) is 0 Å². The van der Waals surface area contributed by atoms with Gasteiger partial charge in [-0.1, -0.05) is 24.4 Å². The quantitative estimate of drug-likeness (QED) is 0.879. The number of thiophene rings is 1. The fraction of sp³-hybridized carbons (Fsp3) is 0.692. The van der Waals surface area contributed by atoms with Gasteiger partial charge in [0.1, 0.15) is 0 Å². The maximum atomic E-state index is 9.39. The number of aliphatic hydroxyl groups excluding tert-OH is 1. The summed E-state index contributed by atoms with van der Waals surface area (Å²) in [5, 5.41) is 15.1. The Bertz CT molecular complexity index is 355. The van der Waals surface area contributed by atoms with E-state index in [-0.39, 0.29) is 0 Å². The molecular formula is C13H20ClNOS. The van der Waals surface area contributed by atoms with E-state index in [4.69, 9.17) is 11.6 Å². The average molecular weight is 274 g/mol. The molecule has 1 aromatic heterocycles. The van der Waals surface area contributed by atoms with Gasteiger partial charge in [-0.25, -0.2) is 0 Å². The lowest BCUT2D eigenvalue weighted by Crippen LogP contribution is -2.41. The standard InChI is InChI=1S/C13H20ClNOS/c1-9(11-6-13(14)17-8-11)15-12-5-3-2-4-10(12)7-16/h6,8-10,12,15-16H,2-5,7H2,1H3. The molecule has 0 bridgehead atoms. The van der Waals surface area contributed by atoms with E-state index in [1.165, 1.54) is 24.8 Å². The molecule has 0 saturated heterocycles. The zero-order valence-electron chi connectivity index (χ0n) is 10.2. The molecule has 1 fully saturated rings. The predicted octanol–water partition coefficient (Wildman–Crippen LogP) is 3.60. The van der Waals surface area contributed by atoms with Crippen LogP contribution in [0.1, 0.15) is 44.2 Å². The van der Waals surface area contributed by atoms with Crippen molar-refractivity contribution in [1.29, 1.82) is 0 Å². The van der Waals surface area contributed by atoms with Gasteiger partial charge in [0.2, 0.25) is 0 Å². The number of halogens is 1. The highest BCUT2D eigenvalue weighted by molar-refractivity contribution is 7.14. The minimum atomic E-state index is 0.300. The lowest BCUT2D eigenvalue weighted by molar-refractivity contribution is 0.147. The summed E-state index contributed by atoms with van der Waals surface area (Å²) in [6, 6.07) is 2.79. The molecule has 0 radical (unpaired) electrons. The van der Waals surface area contributed by atoms with E-state index in [9.17, 15) is 5.11 Å². The molecule has 3 atom stereocenters. The average Bonchev–Trinajstić information content (AvgIpc) is 2.77. The molecule has 2 rings (SSSR count). The van der Waals surface area contributed by atoms with Gasteiger partial charge in [0.05, 0.1) is 4.34 Å². The summed E-state index contributed by atoms with van der Waals surface area (Å²) in [6.45, 7) is 2.47. The van der Waals surface area contributed by atoms with Crippen molar-refractivity contribution >= 4 is 22.9 Å². The van der Waals surface area contributed by atoms with Gasteiger partial charge in [-0.2, -0.15) is 0 Å². The van der Waals surface area contributed by atoms with Crippen LogP contribution in [-0.2, 0) is 0 Å². The minimum Gasteiger partial charge on any atom is -0.396 e. The monoisotopic (exact) mass is 273 g/mol. The van der Waals surface area contributed by atoms with E-state index in [0.717, 1.165) is 10.8 Å². The summed E-state index contributed by atoms with van der Waals surface area (Å²) in [7, 11) is 0. The normalized spacial score (nSPS) is 27.0. The van der Waals surface area contributed by atoms with Crippen molar-refractivity contribution in [1.82, 2.24) is 5.32 Å². The van der Waals surface area contributed by atoms with Crippen LogP contribution in [0.2, 0.25) is 4.34 Å². The van der Waals surface area contributed by atoms with Crippen LogP contribution in [0.15, 0.2) is 11.4 Å². The second-order valence-corrected chi connectivity index (χ2v) is 6.45. The van der Waals surface area contributed by atoms with Gasteiger partial charge in [-0.3, -0.25) is 0 Å². The molecule has 1 aliphatic carbocycles. The molecule has 0 spiro atoms. The van der Waals surface area contributed by atoms with Crippen molar-refractivity contribution < 1.29 is 5.11 Å². The lowest BCUT2D eigenvalue weighted by Gasteiger charge is -2.33. The van der Waals surface area contributed by atoms with Gasteiger partial charge in [0.25, 0.3) is 0 Å². The topological polar surface area (TPSA) is 32.3 Å². The van der Waals surface area contributed by atoms with Crippen molar-refractivity contribution in [2.24, 2.45) is 5.92 Å². The summed E-state index contributed by atoms with van der Waals surface area (Å²) >= 11 is 7.53. The summed E-state index contributed by atoms with van der Waals surface area (Å²) < 4.78 is 0.844. The minimum absolute atomic E-state index is 0.300. The molecule has 17 heavy (non-hydrogen) atoms. The van der Waals surface area contributed by atoms with Crippen LogP contribution < -0.4 is 5.32 Å². The van der Waals surface area contributed by atoms with Gasteiger partial charge >= 0.3 is 0 Å². The maximum Gasteiger partial charge on any atom is 0.0931 e. The Morgan fingerprint density at radius 3 is 2.94 bits per heavy atom. The van der Waals surface area contributed by atoms with E-state index < -0.39 is 0 Å². The zero-order valence-corrected chi connectivity index (χ0v) is 11.7. The smallest absolute Gasteiger partial charge is 0.0931 e. The Morgan fingerprint density at radius 1 is 1.53 bits per heavy atom. The van der Waals surface area contributed by atoms with E-state index >= 15 is 0 Å². The Hall–Kier alpha value is -0.0900. The Kier molecular flexibility index (Phi) is 4.86. The molecule has 1 aliphatic rings. The number of nitrogens with one attached hydrogen (secondary N) is 1. The molecule has 0 aliphatic heterocycles. The van der Waals surface area contributed by atoms with Crippen LogP contribution in [0.25, 0.3) is 0 Å². The molecular weight excluding hydrogens is 254 g/mol. The Labute approximate surface area is 112 Å². The largest absolute Gasteiger partial charge is 0.396 e. The van der Waals surface area contributed by atoms with E-state index in [1.807, 2.05) is 6.07 Å². The zero-order chi connectivity index (χ0) is 12.3. The van der Waals surface area contributed by atoms with E-state index in [1.54, 1.807) is 11.3 Å². The van der Waals surface area contributed by atoms with Gasteiger partial charge in [0.15, 0.2) is 0 Å². The van der Waals surface area contributed by atoms with Crippen molar-refractivity contribution in [3.05, 3.63) is 21.3 Å². The number of hydrogen-bond donors (Lipinski definition) is 2.